The Kier molecular flexibility index (Phi) is 2.95. The van der Waals surface area contributed by atoms with Crippen LogP contribution in [0.1, 0.15) is 18.5 Å². The molecule has 1 N–H and O–H groups in total. The molecule has 0 aromatic heterocycles. The molecule has 4 heteroatoms. The molecule has 0 spiro atoms. The van der Waals surface area contributed by atoms with Crippen LogP contribution >= 0.6 is 0 Å². The van der Waals surface area contributed by atoms with E-state index in [0.29, 0.717) is 0 Å². The van der Waals surface area contributed by atoms with Crippen molar-refractivity contribution in [1.82, 2.24) is 10.2 Å². The molecule has 0 bridgehead atoms. The highest BCUT2D eigenvalue weighted by atomic mass is 16.2. The molecule has 2 atom stereocenters. The predicted molar refractivity (Wildman–Crippen MR) is 64.2 cm³/mol. The lowest BCUT2D eigenvalue weighted by atomic mass is 10.0. The second-order valence-corrected chi connectivity index (χ2v) is 3.99. The van der Waals surface area contributed by atoms with Crippen LogP contribution in [0, 0.1) is 0 Å². The van der Waals surface area contributed by atoms with Crippen LogP contribution in [0.25, 0.3) is 0 Å². The van der Waals surface area contributed by atoms with E-state index in [0.717, 1.165) is 11.6 Å². The van der Waals surface area contributed by atoms with Crippen molar-refractivity contribution in [2.24, 2.45) is 0 Å². The van der Waals surface area contributed by atoms with E-state index in [-0.39, 0.29) is 24.0 Å². The average molecular weight is 230 g/mol. The molecule has 0 radical (unpaired) electrons. The van der Waals surface area contributed by atoms with Gasteiger partial charge < -0.3 is 5.32 Å². The molecule has 1 aromatic rings. The zero-order chi connectivity index (χ0) is 12.4. The second kappa shape index (κ2) is 4.41. The van der Waals surface area contributed by atoms with Crippen molar-refractivity contribution in [3.05, 3.63) is 48.6 Å². The van der Waals surface area contributed by atoms with Crippen molar-refractivity contribution in [1.29, 1.82) is 0 Å². The lowest BCUT2D eigenvalue weighted by Crippen LogP contribution is -2.37. The molecule has 4 nitrogen and oxygen atoms in total. The number of urea groups is 1. The number of hydrogen-bond acceptors (Lipinski definition) is 2. The Morgan fingerprint density at radius 3 is 2.65 bits per heavy atom. The number of benzene rings is 1. The Balaban J connectivity index is 2.27. The molecule has 1 aromatic carbocycles. The summed E-state index contributed by atoms with van der Waals surface area (Å²) < 4.78 is 0. The van der Waals surface area contributed by atoms with Gasteiger partial charge in [0.25, 0.3) is 5.91 Å². The average Bonchev–Trinajstić information content (AvgIpc) is 2.65. The summed E-state index contributed by atoms with van der Waals surface area (Å²) in [7, 11) is 0. The van der Waals surface area contributed by atoms with Gasteiger partial charge in [0.1, 0.15) is 0 Å². The molecule has 1 heterocycles. The minimum atomic E-state index is -0.367. The van der Waals surface area contributed by atoms with Gasteiger partial charge in [-0.05, 0) is 18.6 Å². The van der Waals surface area contributed by atoms with E-state index in [9.17, 15) is 9.59 Å². The molecule has 3 amide bonds. The molecule has 1 saturated heterocycles. The first-order valence-electron chi connectivity index (χ1n) is 5.46. The van der Waals surface area contributed by atoms with E-state index in [1.807, 2.05) is 37.3 Å². The van der Waals surface area contributed by atoms with Gasteiger partial charge in [-0.15, -0.1) is 0 Å². The Labute approximate surface area is 99.9 Å². The molecule has 0 aliphatic carbocycles. The molecule has 2 rings (SSSR count). The van der Waals surface area contributed by atoms with E-state index in [2.05, 4.69) is 11.9 Å². The van der Waals surface area contributed by atoms with Gasteiger partial charge in [0, 0.05) is 0 Å². The van der Waals surface area contributed by atoms with Gasteiger partial charge in [-0.25, -0.2) is 4.79 Å². The van der Waals surface area contributed by atoms with Crippen LogP contribution in [0.5, 0.6) is 0 Å². The van der Waals surface area contributed by atoms with Gasteiger partial charge in [-0.2, -0.15) is 0 Å². The van der Waals surface area contributed by atoms with Crippen LogP contribution in [0.3, 0.4) is 0 Å². The van der Waals surface area contributed by atoms with E-state index >= 15 is 0 Å². The summed E-state index contributed by atoms with van der Waals surface area (Å²) >= 11 is 0. The maximum atomic E-state index is 11.7. The number of hydrogen-bond donors (Lipinski definition) is 1. The summed E-state index contributed by atoms with van der Waals surface area (Å²) in [5.41, 5.74) is 0.993. The molecular formula is C13H14N2O2. The van der Waals surface area contributed by atoms with Gasteiger partial charge in [0.05, 0.1) is 12.1 Å². The fraction of sp³-hybridized carbons (Fsp3) is 0.231. The first kappa shape index (κ1) is 11.4. The van der Waals surface area contributed by atoms with Gasteiger partial charge in [0.15, 0.2) is 0 Å². The summed E-state index contributed by atoms with van der Waals surface area (Å²) in [5.74, 6) is -0.367. The van der Waals surface area contributed by atoms with Gasteiger partial charge >= 0.3 is 6.03 Å². The SMILES string of the molecule is C=CC(=O)N1C(=O)N[C@@H](c2ccccc2)[C@H]1C. The van der Waals surface area contributed by atoms with E-state index in [1.54, 1.807) is 0 Å². The number of imide groups is 1. The van der Waals surface area contributed by atoms with Crippen molar-refractivity contribution in [2.75, 3.05) is 0 Å². The summed E-state index contributed by atoms with van der Waals surface area (Å²) in [6.45, 7) is 5.24. The number of carbonyl (C=O) groups is 2. The molecule has 0 saturated carbocycles. The highest BCUT2D eigenvalue weighted by Gasteiger charge is 2.39. The first-order valence-corrected chi connectivity index (χ1v) is 5.46. The zero-order valence-corrected chi connectivity index (χ0v) is 9.59. The number of amides is 3. The fourth-order valence-corrected chi connectivity index (χ4v) is 2.08. The second-order valence-electron chi connectivity index (χ2n) is 3.99. The van der Waals surface area contributed by atoms with Crippen molar-refractivity contribution in [2.45, 2.75) is 19.0 Å². The van der Waals surface area contributed by atoms with E-state index in [1.165, 1.54) is 4.90 Å². The van der Waals surface area contributed by atoms with Crippen LogP contribution in [0.15, 0.2) is 43.0 Å². The highest BCUT2D eigenvalue weighted by molar-refractivity contribution is 6.01. The quantitative estimate of drug-likeness (QED) is 0.788. The standard InChI is InChI=1S/C13H14N2O2/c1-3-11(16)15-9(2)12(14-13(15)17)10-7-5-4-6-8-10/h3-9,12H,1H2,2H3,(H,14,17)/t9-,12-/m1/s1. The maximum absolute atomic E-state index is 11.7. The lowest BCUT2D eigenvalue weighted by molar-refractivity contribution is -0.124. The molecule has 1 aliphatic heterocycles. The third-order valence-corrected chi connectivity index (χ3v) is 2.96. The van der Waals surface area contributed by atoms with Crippen LogP contribution in [0.2, 0.25) is 0 Å². The minimum absolute atomic E-state index is 0.160. The summed E-state index contributed by atoms with van der Waals surface area (Å²) in [6.07, 6.45) is 1.16. The van der Waals surface area contributed by atoms with Crippen LogP contribution in [0.4, 0.5) is 4.79 Å². The molecule has 88 valence electrons. The summed E-state index contributed by atoms with van der Waals surface area (Å²) in [5, 5.41) is 2.80. The van der Waals surface area contributed by atoms with Crippen LogP contribution < -0.4 is 5.32 Å². The van der Waals surface area contributed by atoms with Crippen molar-refractivity contribution in [3.8, 4) is 0 Å². The summed E-state index contributed by atoms with van der Waals surface area (Å²) in [6, 6.07) is 8.86. The van der Waals surface area contributed by atoms with Crippen LogP contribution in [-0.2, 0) is 4.79 Å². The Hall–Kier alpha value is -2.10. The zero-order valence-electron chi connectivity index (χ0n) is 9.59. The van der Waals surface area contributed by atoms with Gasteiger partial charge in [0.2, 0.25) is 0 Å². The summed E-state index contributed by atoms with van der Waals surface area (Å²) in [4.78, 5) is 24.5. The smallest absolute Gasteiger partial charge is 0.325 e. The number of rotatable bonds is 2. The van der Waals surface area contributed by atoms with Crippen molar-refractivity contribution < 1.29 is 9.59 Å². The largest absolute Gasteiger partial charge is 0.329 e. The van der Waals surface area contributed by atoms with Gasteiger partial charge in [-0.3, -0.25) is 9.69 Å². The third kappa shape index (κ3) is 1.93. The lowest BCUT2D eigenvalue weighted by Gasteiger charge is -2.19. The Morgan fingerprint density at radius 1 is 1.41 bits per heavy atom. The molecular weight excluding hydrogens is 216 g/mol. The third-order valence-electron chi connectivity index (χ3n) is 2.96. The molecule has 1 aliphatic rings. The number of carbonyl (C=O) groups excluding carboxylic acids is 2. The fourth-order valence-electron chi connectivity index (χ4n) is 2.08. The number of nitrogens with one attached hydrogen (secondary N) is 1. The van der Waals surface area contributed by atoms with Crippen LogP contribution in [-0.4, -0.2) is 22.9 Å². The minimum Gasteiger partial charge on any atom is -0.329 e. The van der Waals surface area contributed by atoms with Crippen molar-refractivity contribution >= 4 is 11.9 Å². The Bertz CT molecular complexity index is 456. The predicted octanol–water partition coefficient (Wildman–Crippen LogP) is 1.85. The van der Waals surface area contributed by atoms with Gasteiger partial charge in [-0.1, -0.05) is 36.9 Å². The maximum Gasteiger partial charge on any atom is 0.325 e. The molecule has 1 fully saturated rings. The van der Waals surface area contributed by atoms with E-state index < -0.39 is 0 Å². The Morgan fingerprint density at radius 2 is 2.06 bits per heavy atom. The first-order chi connectivity index (χ1) is 8.15. The molecule has 0 unspecified atom stereocenters. The highest BCUT2D eigenvalue weighted by Crippen LogP contribution is 2.26. The number of nitrogens with zero attached hydrogens (tertiary/aromatic N) is 1. The normalized spacial score (nSPS) is 23.4. The molecule has 17 heavy (non-hydrogen) atoms. The van der Waals surface area contributed by atoms with Crippen molar-refractivity contribution in [3.63, 3.8) is 0 Å². The van der Waals surface area contributed by atoms with E-state index in [4.69, 9.17) is 0 Å². The monoisotopic (exact) mass is 230 g/mol. The topological polar surface area (TPSA) is 49.4 Å².